The number of likely N-dealkylation sites (tertiary alicyclic amines) is 1. The molecule has 0 aliphatic carbocycles. The maximum absolute atomic E-state index is 13.9. The maximum atomic E-state index is 13.9. The van der Waals surface area contributed by atoms with Gasteiger partial charge in [0.25, 0.3) is 0 Å². The van der Waals surface area contributed by atoms with E-state index in [2.05, 4.69) is 28.1 Å². The van der Waals surface area contributed by atoms with Crippen LogP contribution >= 0.6 is 0 Å². The Labute approximate surface area is 159 Å². The van der Waals surface area contributed by atoms with Crippen molar-refractivity contribution >= 4 is 0 Å². The Balaban J connectivity index is 1.45. The van der Waals surface area contributed by atoms with E-state index in [0.29, 0.717) is 17.9 Å². The van der Waals surface area contributed by atoms with Gasteiger partial charge >= 0.3 is 0 Å². The summed E-state index contributed by atoms with van der Waals surface area (Å²) in [5, 5.41) is 0. The Hall–Kier alpha value is -2.59. The number of hydrogen-bond donors (Lipinski definition) is 0. The molecule has 1 atom stereocenters. The predicted molar refractivity (Wildman–Crippen MR) is 105 cm³/mol. The average Bonchev–Trinajstić information content (AvgIpc) is 2.71. The summed E-state index contributed by atoms with van der Waals surface area (Å²) in [5.41, 5.74) is 4.00. The predicted octanol–water partition coefficient (Wildman–Crippen LogP) is 4.59. The van der Waals surface area contributed by atoms with Gasteiger partial charge in [-0.25, -0.2) is 4.39 Å². The van der Waals surface area contributed by atoms with Gasteiger partial charge in [0.1, 0.15) is 5.82 Å². The van der Waals surface area contributed by atoms with Crippen molar-refractivity contribution in [1.82, 2.24) is 14.9 Å². The van der Waals surface area contributed by atoms with E-state index in [1.165, 1.54) is 18.1 Å². The van der Waals surface area contributed by atoms with Gasteiger partial charge < -0.3 is 0 Å². The minimum Gasteiger partial charge on any atom is -0.298 e. The average molecular weight is 361 g/mol. The fourth-order valence-electron chi connectivity index (χ4n) is 3.85. The molecule has 0 N–H and O–H groups in total. The van der Waals surface area contributed by atoms with Crippen LogP contribution in [0.25, 0.3) is 0 Å². The summed E-state index contributed by atoms with van der Waals surface area (Å²) in [6.07, 6.45) is 6.61. The number of piperidine rings is 1. The minimum atomic E-state index is -0.162. The summed E-state index contributed by atoms with van der Waals surface area (Å²) in [6, 6.07) is 17.2. The van der Waals surface area contributed by atoms with Gasteiger partial charge in [-0.1, -0.05) is 30.3 Å². The van der Waals surface area contributed by atoms with Gasteiger partial charge in [0, 0.05) is 49.2 Å². The molecule has 2 aromatic heterocycles. The third-order valence-corrected chi connectivity index (χ3v) is 5.21. The van der Waals surface area contributed by atoms with Crippen molar-refractivity contribution < 1.29 is 4.39 Å². The Morgan fingerprint density at radius 1 is 1.04 bits per heavy atom. The number of pyridine rings is 2. The lowest BCUT2D eigenvalue weighted by atomic mass is 9.93. The first-order chi connectivity index (χ1) is 13.3. The Morgan fingerprint density at radius 3 is 2.81 bits per heavy atom. The van der Waals surface area contributed by atoms with Crippen molar-refractivity contribution in [2.24, 2.45) is 0 Å². The van der Waals surface area contributed by atoms with Crippen molar-refractivity contribution in [3.63, 3.8) is 0 Å². The molecular weight excluding hydrogens is 337 g/mol. The minimum absolute atomic E-state index is 0.162. The first-order valence-corrected chi connectivity index (χ1v) is 9.58. The number of hydrogen-bond acceptors (Lipinski definition) is 3. The molecule has 1 aliphatic heterocycles. The summed E-state index contributed by atoms with van der Waals surface area (Å²) in [7, 11) is 0. The van der Waals surface area contributed by atoms with Crippen molar-refractivity contribution in [2.75, 3.05) is 13.1 Å². The van der Waals surface area contributed by atoms with E-state index in [9.17, 15) is 4.39 Å². The molecule has 4 rings (SSSR count). The second-order valence-electron chi connectivity index (χ2n) is 7.26. The Morgan fingerprint density at radius 2 is 1.96 bits per heavy atom. The first kappa shape index (κ1) is 17.8. The number of halogens is 1. The third kappa shape index (κ3) is 4.58. The molecule has 0 unspecified atom stereocenters. The quantitative estimate of drug-likeness (QED) is 0.666. The third-order valence-electron chi connectivity index (χ3n) is 5.21. The molecule has 0 saturated carbocycles. The fraction of sp³-hybridized carbons (Fsp3) is 0.304. The highest BCUT2D eigenvalue weighted by molar-refractivity contribution is 5.25. The molecule has 1 aliphatic rings. The molecule has 0 bridgehead atoms. The van der Waals surface area contributed by atoms with Crippen molar-refractivity contribution in [1.29, 1.82) is 0 Å². The molecule has 138 valence electrons. The molecule has 1 fully saturated rings. The van der Waals surface area contributed by atoms with E-state index < -0.39 is 0 Å². The number of nitrogens with zero attached hydrogens (tertiary/aromatic N) is 3. The number of benzene rings is 1. The highest BCUT2D eigenvalue weighted by Crippen LogP contribution is 2.27. The fourth-order valence-corrected chi connectivity index (χ4v) is 3.85. The van der Waals surface area contributed by atoms with Crippen molar-refractivity contribution in [3.05, 3.63) is 95.3 Å². The van der Waals surface area contributed by atoms with Crippen LogP contribution in [-0.4, -0.2) is 28.0 Å². The van der Waals surface area contributed by atoms with Crippen LogP contribution in [-0.2, 0) is 13.0 Å². The summed E-state index contributed by atoms with van der Waals surface area (Å²) in [5.74, 6) is 0.265. The van der Waals surface area contributed by atoms with Gasteiger partial charge in [-0.2, -0.15) is 0 Å². The lowest BCUT2D eigenvalue weighted by Gasteiger charge is -2.32. The van der Waals surface area contributed by atoms with Crippen LogP contribution in [0.4, 0.5) is 4.39 Å². The Kier molecular flexibility index (Phi) is 5.54. The molecule has 3 aromatic rings. The van der Waals surface area contributed by atoms with Gasteiger partial charge in [-0.05, 0) is 54.8 Å². The van der Waals surface area contributed by atoms with E-state index in [1.54, 1.807) is 6.07 Å². The number of rotatable bonds is 5. The summed E-state index contributed by atoms with van der Waals surface area (Å²) in [4.78, 5) is 11.6. The first-order valence-electron chi connectivity index (χ1n) is 9.58. The smallest absolute Gasteiger partial charge is 0.126 e. The van der Waals surface area contributed by atoms with E-state index in [-0.39, 0.29) is 5.82 Å². The van der Waals surface area contributed by atoms with E-state index >= 15 is 0 Å². The molecule has 1 aromatic carbocycles. The van der Waals surface area contributed by atoms with Crippen LogP contribution in [0.5, 0.6) is 0 Å². The van der Waals surface area contributed by atoms with Gasteiger partial charge in [0.05, 0.1) is 0 Å². The zero-order valence-electron chi connectivity index (χ0n) is 15.4. The molecule has 0 amide bonds. The molecule has 0 spiro atoms. The zero-order valence-corrected chi connectivity index (χ0v) is 15.4. The second-order valence-corrected chi connectivity index (χ2v) is 7.26. The van der Waals surface area contributed by atoms with Crippen LogP contribution in [0.3, 0.4) is 0 Å². The highest BCUT2D eigenvalue weighted by Gasteiger charge is 2.22. The van der Waals surface area contributed by atoms with Gasteiger partial charge in [0.2, 0.25) is 0 Å². The Bertz CT molecular complexity index is 882. The van der Waals surface area contributed by atoms with E-state index in [0.717, 1.165) is 37.4 Å². The van der Waals surface area contributed by atoms with Gasteiger partial charge in [-0.15, -0.1) is 0 Å². The van der Waals surface area contributed by atoms with Crippen LogP contribution in [0, 0.1) is 5.82 Å². The topological polar surface area (TPSA) is 29.0 Å². The normalized spacial score (nSPS) is 17.7. The van der Waals surface area contributed by atoms with Crippen LogP contribution in [0.2, 0.25) is 0 Å². The van der Waals surface area contributed by atoms with Gasteiger partial charge in [-0.3, -0.25) is 14.9 Å². The molecule has 3 heterocycles. The molecule has 3 nitrogen and oxygen atoms in total. The second kappa shape index (κ2) is 8.40. The summed E-state index contributed by atoms with van der Waals surface area (Å²) < 4.78 is 13.9. The molecule has 0 radical (unpaired) electrons. The molecular formula is C23H24FN3. The van der Waals surface area contributed by atoms with Crippen molar-refractivity contribution in [3.8, 4) is 0 Å². The maximum Gasteiger partial charge on any atom is 0.126 e. The SMILES string of the molecule is Fc1ccccc1Cc1cccc([C@H]2CCCN(Cc3cccnc3)C2)n1. The monoisotopic (exact) mass is 361 g/mol. The molecule has 4 heteroatoms. The number of aromatic nitrogens is 2. The highest BCUT2D eigenvalue weighted by atomic mass is 19.1. The summed E-state index contributed by atoms with van der Waals surface area (Å²) in [6.45, 7) is 3.05. The van der Waals surface area contributed by atoms with E-state index in [4.69, 9.17) is 4.98 Å². The van der Waals surface area contributed by atoms with Crippen LogP contribution in [0.1, 0.15) is 41.3 Å². The molecule has 27 heavy (non-hydrogen) atoms. The standard InChI is InChI=1S/C23H24FN3/c24-22-10-2-1-7-19(22)14-21-9-3-11-23(26-21)20-8-5-13-27(17-20)16-18-6-4-12-25-15-18/h1-4,6-7,9-12,15,20H,5,8,13-14,16-17H2/t20-/m0/s1. The molecule has 1 saturated heterocycles. The van der Waals surface area contributed by atoms with Crippen LogP contribution < -0.4 is 0 Å². The van der Waals surface area contributed by atoms with Crippen LogP contribution in [0.15, 0.2) is 67.0 Å². The lowest BCUT2D eigenvalue weighted by molar-refractivity contribution is 0.198. The van der Waals surface area contributed by atoms with E-state index in [1.807, 2.05) is 36.7 Å². The van der Waals surface area contributed by atoms with Gasteiger partial charge in [0.15, 0.2) is 0 Å². The van der Waals surface area contributed by atoms with Crippen molar-refractivity contribution in [2.45, 2.75) is 31.7 Å². The zero-order chi connectivity index (χ0) is 18.5. The largest absolute Gasteiger partial charge is 0.298 e. The lowest BCUT2D eigenvalue weighted by Crippen LogP contribution is -2.34. The summed E-state index contributed by atoms with van der Waals surface area (Å²) >= 11 is 0.